The van der Waals surface area contributed by atoms with Crippen LogP contribution in [0, 0.1) is 0 Å². The Hall–Kier alpha value is -1.59. The molecule has 2 aromatic carbocycles. The predicted molar refractivity (Wildman–Crippen MR) is 110 cm³/mol. The van der Waals surface area contributed by atoms with Gasteiger partial charge < -0.3 is 15.0 Å². The zero-order valence-electron chi connectivity index (χ0n) is 15.2. The number of rotatable bonds is 7. The van der Waals surface area contributed by atoms with Gasteiger partial charge in [-0.05, 0) is 37.0 Å². The lowest BCUT2D eigenvalue weighted by atomic mass is 10.1. The molecule has 0 bridgehead atoms. The molecule has 1 aliphatic heterocycles. The van der Waals surface area contributed by atoms with Crippen molar-refractivity contribution in [3.8, 4) is 0 Å². The molecule has 2 atom stereocenters. The molecule has 2 aromatic rings. The van der Waals surface area contributed by atoms with Crippen molar-refractivity contribution in [2.24, 2.45) is 0 Å². The van der Waals surface area contributed by atoms with Gasteiger partial charge in [0.1, 0.15) is 13.1 Å². The Labute approximate surface area is 170 Å². The molecule has 1 saturated heterocycles. The van der Waals surface area contributed by atoms with Gasteiger partial charge in [0.15, 0.2) is 6.10 Å². The molecule has 1 fully saturated rings. The lowest BCUT2D eigenvalue weighted by Crippen LogP contribution is -3.15. The molecule has 27 heavy (non-hydrogen) atoms. The summed E-state index contributed by atoms with van der Waals surface area (Å²) < 4.78 is 5.68. The van der Waals surface area contributed by atoms with Crippen LogP contribution in [0.1, 0.15) is 18.4 Å². The molecule has 4 nitrogen and oxygen atoms in total. The van der Waals surface area contributed by atoms with Gasteiger partial charge in [0.2, 0.25) is 0 Å². The van der Waals surface area contributed by atoms with Gasteiger partial charge >= 0.3 is 0 Å². The molecule has 0 aliphatic carbocycles. The van der Waals surface area contributed by atoms with Gasteiger partial charge in [-0.3, -0.25) is 4.79 Å². The maximum atomic E-state index is 12.5. The minimum Gasteiger partial charge on any atom is -0.357 e. The van der Waals surface area contributed by atoms with Gasteiger partial charge in [0, 0.05) is 0 Å². The molecule has 0 aromatic heterocycles. The highest BCUT2D eigenvalue weighted by atomic mass is 35.5. The average Bonchev–Trinajstić information content (AvgIpc) is 2.70. The van der Waals surface area contributed by atoms with Crippen LogP contribution >= 0.6 is 23.2 Å². The van der Waals surface area contributed by atoms with Crippen molar-refractivity contribution < 1.29 is 14.4 Å². The number of carbonyl (C=O) groups excluding carboxylic acids is 1. The molecular weight excluding hydrogens is 383 g/mol. The van der Waals surface area contributed by atoms with Crippen molar-refractivity contribution in [2.45, 2.75) is 25.4 Å². The maximum Gasteiger partial charge on any atom is 0.259 e. The van der Waals surface area contributed by atoms with E-state index in [1.807, 2.05) is 6.07 Å². The van der Waals surface area contributed by atoms with Crippen LogP contribution < -0.4 is 10.2 Å². The van der Waals surface area contributed by atoms with Crippen LogP contribution in [0.15, 0.2) is 48.5 Å². The molecule has 1 heterocycles. The molecule has 144 valence electrons. The predicted octanol–water partition coefficient (Wildman–Crippen LogP) is 3.24. The maximum absolute atomic E-state index is 12.5. The van der Waals surface area contributed by atoms with Crippen LogP contribution in [-0.4, -0.2) is 38.3 Å². The van der Waals surface area contributed by atoms with Gasteiger partial charge in [0.25, 0.3) is 5.91 Å². The third-order valence-electron chi connectivity index (χ3n) is 4.84. The summed E-state index contributed by atoms with van der Waals surface area (Å²) in [6.07, 6.45) is 2.93. The molecule has 6 heteroatoms. The summed E-state index contributed by atoms with van der Waals surface area (Å²) in [5, 5.41) is 3.61. The van der Waals surface area contributed by atoms with Crippen LogP contribution in [0.2, 0.25) is 10.0 Å². The van der Waals surface area contributed by atoms with Crippen molar-refractivity contribution in [1.29, 1.82) is 0 Å². The monoisotopic (exact) mass is 407 g/mol. The SMILES string of the molecule is O=C(Nc1cccc(Cl)c1Cl)C1C[NH+](CCCCc2ccccc2)CCO1. The van der Waals surface area contributed by atoms with Crippen LogP contribution in [0.4, 0.5) is 5.69 Å². The molecule has 0 radical (unpaired) electrons. The van der Waals surface area contributed by atoms with Gasteiger partial charge in [-0.25, -0.2) is 0 Å². The van der Waals surface area contributed by atoms with E-state index in [-0.39, 0.29) is 5.91 Å². The van der Waals surface area contributed by atoms with Gasteiger partial charge in [0.05, 0.1) is 28.9 Å². The zero-order chi connectivity index (χ0) is 19.1. The normalized spacial score (nSPS) is 19.6. The molecule has 0 spiro atoms. The minimum absolute atomic E-state index is 0.166. The number of ether oxygens (including phenoxy) is 1. The highest BCUT2D eigenvalue weighted by molar-refractivity contribution is 6.44. The molecule has 1 aliphatic rings. The van der Waals surface area contributed by atoms with Crippen LogP contribution in [0.5, 0.6) is 0 Å². The number of aryl methyl sites for hydroxylation is 1. The summed E-state index contributed by atoms with van der Waals surface area (Å²) in [6, 6.07) is 15.7. The largest absolute Gasteiger partial charge is 0.357 e. The summed E-state index contributed by atoms with van der Waals surface area (Å²) >= 11 is 12.2. The lowest BCUT2D eigenvalue weighted by molar-refractivity contribution is -0.910. The van der Waals surface area contributed by atoms with Crippen molar-refractivity contribution >= 4 is 34.8 Å². The molecule has 2 unspecified atom stereocenters. The summed E-state index contributed by atoms with van der Waals surface area (Å²) in [7, 11) is 0. The smallest absolute Gasteiger partial charge is 0.259 e. The fraction of sp³-hybridized carbons (Fsp3) is 0.381. The standard InChI is InChI=1S/C21H24Cl2N2O2/c22-17-10-6-11-18(20(17)23)24-21(26)19-15-25(13-14-27-19)12-5-4-9-16-7-2-1-3-8-16/h1-3,6-8,10-11,19H,4-5,9,12-15H2,(H,24,26)/p+1. The number of morpholine rings is 1. The topological polar surface area (TPSA) is 42.8 Å². The Bertz CT molecular complexity index is 755. The first-order valence-electron chi connectivity index (χ1n) is 9.37. The van der Waals surface area contributed by atoms with E-state index >= 15 is 0 Å². The molecule has 2 N–H and O–H groups in total. The zero-order valence-corrected chi connectivity index (χ0v) is 16.7. The van der Waals surface area contributed by atoms with Crippen molar-refractivity contribution in [3.05, 3.63) is 64.1 Å². The van der Waals surface area contributed by atoms with Crippen molar-refractivity contribution in [1.82, 2.24) is 0 Å². The first-order valence-corrected chi connectivity index (χ1v) is 10.1. The molecule has 3 rings (SSSR count). The van der Waals surface area contributed by atoms with E-state index < -0.39 is 6.10 Å². The van der Waals surface area contributed by atoms with Gasteiger partial charge in [-0.2, -0.15) is 0 Å². The molecular formula is C21H25Cl2N2O2+. The second-order valence-electron chi connectivity index (χ2n) is 6.85. The van der Waals surface area contributed by atoms with E-state index in [0.29, 0.717) is 28.9 Å². The number of amides is 1. The van der Waals surface area contributed by atoms with E-state index in [4.69, 9.17) is 27.9 Å². The quantitative estimate of drug-likeness (QED) is 0.691. The highest BCUT2D eigenvalue weighted by Gasteiger charge is 2.29. The average molecular weight is 408 g/mol. The summed E-state index contributed by atoms with van der Waals surface area (Å²) in [4.78, 5) is 13.9. The van der Waals surface area contributed by atoms with E-state index in [9.17, 15) is 4.79 Å². The first-order chi connectivity index (χ1) is 13.1. The van der Waals surface area contributed by atoms with Crippen LogP contribution in [0.3, 0.4) is 0 Å². The Morgan fingerprint density at radius 2 is 1.93 bits per heavy atom. The second-order valence-corrected chi connectivity index (χ2v) is 7.63. The number of hydrogen-bond acceptors (Lipinski definition) is 2. The first kappa shape index (κ1) is 20.2. The number of quaternary nitrogens is 1. The Morgan fingerprint density at radius 3 is 2.74 bits per heavy atom. The molecule has 1 amide bonds. The number of benzene rings is 2. The molecule has 0 saturated carbocycles. The van der Waals surface area contributed by atoms with E-state index in [1.54, 1.807) is 18.2 Å². The van der Waals surface area contributed by atoms with E-state index in [0.717, 1.165) is 32.4 Å². The number of anilines is 1. The van der Waals surface area contributed by atoms with E-state index in [2.05, 4.69) is 29.6 Å². The summed E-state index contributed by atoms with van der Waals surface area (Å²) in [6.45, 7) is 3.26. The Balaban J connectivity index is 1.44. The summed E-state index contributed by atoms with van der Waals surface area (Å²) in [5.41, 5.74) is 1.90. The van der Waals surface area contributed by atoms with Crippen LogP contribution in [0.25, 0.3) is 0 Å². The number of hydrogen-bond donors (Lipinski definition) is 2. The highest BCUT2D eigenvalue weighted by Crippen LogP contribution is 2.29. The second kappa shape index (κ2) is 10.1. The fourth-order valence-electron chi connectivity index (χ4n) is 3.33. The number of unbranched alkanes of at least 4 members (excludes halogenated alkanes) is 1. The summed E-state index contributed by atoms with van der Waals surface area (Å²) in [5.74, 6) is -0.166. The Morgan fingerprint density at radius 1 is 1.11 bits per heavy atom. The van der Waals surface area contributed by atoms with Gasteiger partial charge in [-0.15, -0.1) is 0 Å². The minimum atomic E-state index is -0.460. The number of nitrogens with one attached hydrogen (secondary N) is 2. The van der Waals surface area contributed by atoms with Crippen molar-refractivity contribution in [2.75, 3.05) is 31.6 Å². The van der Waals surface area contributed by atoms with Gasteiger partial charge in [-0.1, -0.05) is 59.6 Å². The van der Waals surface area contributed by atoms with Crippen molar-refractivity contribution in [3.63, 3.8) is 0 Å². The third-order valence-corrected chi connectivity index (χ3v) is 5.66. The van der Waals surface area contributed by atoms with Crippen LogP contribution in [-0.2, 0) is 16.0 Å². The lowest BCUT2D eigenvalue weighted by Gasteiger charge is -2.29. The third kappa shape index (κ3) is 5.94. The van der Waals surface area contributed by atoms with E-state index in [1.165, 1.54) is 10.5 Å². The number of halogens is 2. The number of carbonyl (C=O) groups is 1. The fourth-order valence-corrected chi connectivity index (χ4v) is 3.67. The Kier molecular flexibility index (Phi) is 7.53.